The van der Waals surface area contributed by atoms with Crippen LogP contribution in [0, 0.1) is 5.41 Å². The Kier molecular flexibility index (Phi) is 7.24. The van der Waals surface area contributed by atoms with E-state index in [1.807, 2.05) is 0 Å². The maximum Gasteiger partial charge on any atom is 0.150 e. The van der Waals surface area contributed by atoms with Gasteiger partial charge >= 0.3 is 0 Å². The molecular formula is C12H27NO2S. The Morgan fingerprint density at radius 1 is 1.06 bits per heavy atom. The zero-order chi connectivity index (χ0) is 12.7. The van der Waals surface area contributed by atoms with Crippen molar-refractivity contribution in [3.63, 3.8) is 0 Å². The van der Waals surface area contributed by atoms with E-state index in [-0.39, 0.29) is 11.2 Å². The third kappa shape index (κ3) is 5.30. The summed E-state index contributed by atoms with van der Waals surface area (Å²) in [6.45, 7) is 9.98. The standard InChI is InChI=1S/C12H27NO2S/c1-5-12(6-2,11-13-7-3)9-10-16(14,15)8-4/h13H,5-11H2,1-4H3. The molecule has 0 aliphatic rings. The normalized spacial score (nSPS) is 13.0. The van der Waals surface area contributed by atoms with Gasteiger partial charge in [-0.05, 0) is 31.2 Å². The van der Waals surface area contributed by atoms with Crippen LogP contribution in [0.1, 0.15) is 47.0 Å². The van der Waals surface area contributed by atoms with Crippen LogP contribution < -0.4 is 5.32 Å². The molecule has 0 atom stereocenters. The van der Waals surface area contributed by atoms with Gasteiger partial charge in [0.25, 0.3) is 0 Å². The third-order valence-corrected chi connectivity index (χ3v) is 5.34. The zero-order valence-electron chi connectivity index (χ0n) is 11.2. The van der Waals surface area contributed by atoms with Crippen molar-refractivity contribution in [3.05, 3.63) is 0 Å². The Morgan fingerprint density at radius 2 is 1.62 bits per heavy atom. The van der Waals surface area contributed by atoms with Crippen molar-refractivity contribution in [1.82, 2.24) is 5.32 Å². The van der Waals surface area contributed by atoms with Crippen LogP contribution in [-0.2, 0) is 9.84 Å². The van der Waals surface area contributed by atoms with Crippen LogP contribution >= 0.6 is 0 Å². The quantitative estimate of drug-likeness (QED) is 0.681. The second-order valence-corrected chi connectivity index (χ2v) is 6.95. The van der Waals surface area contributed by atoms with Gasteiger partial charge in [-0.3, -0.25) is 0 Å². The molecule has 98 valence electrons. The largest absolute Gasteiger partial charge is 0.316 e. The molecule has 0 aromatic rings. The molecule has 0 bridgehead atoms. The minimum atomic E-state index is -2.83. The van der Waals surface area contributed by atoms with Gasteiger partial charge in [0.15, 0.2) is 0 Å². The topological polar surface area (TPSA) is 46.2 Å². The predicted octanol–water partition coefficient (Wildman–Crippen LogP) is 2.23. The Balaban J connectivity index is 4.43. The van der Waals surface area contributed by atoms with Crippen molar-refractivity contribution >= 4 is 9.84 Å². The van der Waals surface area contributed by atoms with Crippen LogP contribution in [0.5, 0.6) is 0 Å². The molecular weight excluding hydrogens is 222 g/mol. The average Bonchev–Trinajstić information content (AvgIpc) is 2.30. The molecule has 0 fully saturated rings. The Bertz CT molecular complexity index is 269. The highest BCUT2D eigenvalue weighted by atomic mass is 32.2. The lowest BCUT2D eigenvalue weighted by Gasteiger charge is -2.32. The third-order valence-electron chi connectivity index (χ3n) is 3.63. The Hall–Kier alpha value is -0.0900. The van der Waals surface area contributed by atoms with Gasteiger partial charge in [-0.25, -0.2) is 8.42 Å². The SMILES string of the molecule is CCNCC(CC)(CC)CCS(=O)(=O)CC. The molecule has 0 heterocycles. The van der Waals surface area contributed by atoms with Gasteiger partial charge in [0.1, 0.15) is 9.84 Å². The van der Waals surface area contributed by atoms with Gasteiger partial charge in [0, 0.05) is 12.3 Å². The van der Waals surface area contributed by atoms with Crippen molar-refractivity contribution < 1.29 is 8.42 Å². The van der Waals surface area contributed by atoms with E-state index in [0.717, 1.165) is 32.4 Å². The van der Waals surface area contributed by atoms with Gasteiger partial charge in [-0.2, -0.15) is 0 Å². The summed E-state index contributed by atoms with van der Waals surface area (Å²) in [6, 6.07) is 0. The van der Waals surface area contributed by atoms with Crippen LogP contribution in [0.15, 0.2) is 0 Å². The molecule has 0 rings (SSSR count). The summed E-state index contributed by atoms with van der Waals surface area (Å²) in [7, 11) is -2.83. The maximum atomic E-state index is 11.5. The van der Waals surface area contributed by atoms with Gasteiger partial charge in [0.2, 0.25) is 0 Å². The lowest BCUT2D eigenvalue weighted by molar-refractivity contribution is 0.241. The first-order chi connectivity index (χ1) is 7.45. The second kappa shape index (κ2) is 7.28. The average molecular weight is 249 g/mol. The van der Waals surface area contributed by atoms with Crippen LogP contribution in [0.4, 0.5) is 0 Å². The van der Waals surface area contributed by atoms with E-state index >= 15 is 0 Å². The summed E-state index contributed by atoms with van der Waals surface area (Å²) >= 11 is 0. The molecule has 1 N–H and O–H groups in total. The second-order valence-electron chi connectivity index (χ2n) is 4.47. The number of nitrogens with one attached hydrogen (secondary N) is 1. The molecule has 0 aromatic heterocycles. The van der Waals surface area contributed by atoms with Gasteiger partial charge in [-0.15, -0.1) is 0 Å². The number of hydrogen-bond acceptors (Lipinski definition) is 3. The molecule has 0 unspecified atom stereocenters. The molecule has 0 aliphatic heterocycles. The fourth-order valence-corrected chi connectivity index (χ4v) is 2.88. The lowest BCUT2D eigenvalue weighted by Crippen LogP contribution is -2.35. The first-order valence-corrected chi connectivity index (χ1v) is 8.18. The summed E-state index contributed by atoms with van der Waals surface area (Å²) in [5.41, 5.74) is 0.151. The molecule has 0 saturated heterocycles. The molecule has 0 amide bonds. The van der Waals surface area contributed by atoms with Crippen LogP contribution in [0.3, 0.4) is 0 Å². The summed E-state index contributed by atoms with van der Waals surface area (Å²) in [5, 5.41) is 3.35. The van der Waals surface area contributed by atoms with E-state index < -0.39 is 9.84 Å². The number of sulfone groups is 1. The minimum Gasteiger partial charge on any atom is -0.316 e. The van der Waals surface area contributed by atoms with Crippen molar-refractivity contribution in [2.75, 3.05) is 24.6 Å². The van der Waals surface area contributed by atoms with Crippen molar-refractivity contribution in [3.8, 4) is 0 Å². The highest BCUT2D eigenvalue weighted by Crippen LogP contribution is 2.30. The predicted molar refractivity (Wildman–Crippen MR) is 70.5 cm³/mol. The molecule has 0 aliphatic carbocycles. The van der Waals surface area contributed by atoms with E-state index in [0.29, 0.717) is 5.75 Å². The van der Waals surface area contributed by atoms with E-state index in [9.17, 15) is 8.42 Å². The zero-order valence-corrected chi connectivity index (χ0v) is 12.0. The van der Waals surface area contributed by atoms with Crippen molar-refractivity contribution in [1.29, 1.82) is 0 Å². The van der Waals surface area contributed by atoms with Crippen LogP contribution in [0.2, 0.25) is 0 Å². The first-order valence-electron chi connectivity index (χ1n) is 6.36. The van der Waals surface area contributed by atoms with Crippen LogP contribution in [0.25, 0.3) is 0 Å². The summed E-state index contributed by atoms with van der Waals surface area (Å²) in [4.78, 5) is 0. The molecule has 0 spiro atoms. The molecule has 4 heteroatoms. The highest BCUT2D eigenvalue weighted by molar-refractivity contribution is 7.91. The smallest absolute Gasteiger partial charge is 0.150 e. The van der Waals surface area contributed by atoms with Crippen molar-refractivity contribution in [2.45, 2.75) is 47.0 Å². The van der Waals surface area contributed by atoms with E-state index in [1.165, 1.54) is 0 Å². The fraction of sp³-hybridized carbons (Fsp3) is 1.00. The molecule has 16 heavy (non-hydrogen) atoms. The molecule has 0 radical (unpaired) electrons. The van der Waals surface area contributed by atoms with E-state index in [2.05, 4.69) is 26.1 Å². The molecule has 0 saturated carbocycles. The maximum absolute atomic E-state index is 11.5. The van der Waals surface area contributed by atoms with Gasteiger partial charge < -0.3 is 5.32 Å². The summed E-state index contributed by atoms with van der Waals surface area (Å²) in [6.07, 6.45) is 2.86. The number of hydrogen-bond donors (Lipinski definition) is 1. The van der Waals surface area contributed by atoms with Crippen molar-refractivity contribution in [2.24, 2.45) is 5.41 Å². The van der Waals surface area contributed by atoms with Gasteiger partial charge in [0.05, 0.1) is 5.75 Å². The fourth-order valence-electron chi connectivity index (χ4n) is 1.85. The van der Waals surface area contributed by atoms with E-state index in [1.54, 1.807) is 6.92 Å². The molecule has 3 nitrogen and oxygen atoms in total. The minimum absolute atomic E-state index is 0.151. The van der Waals surface area contributed by atoms with Gasteiger partial charge in [-0.1, -0.05) is 27.7 Å². The molecule has 0 aromatic carbocycles. The highest BCUT2D eigenvalue weighted by Gasteiger charge is 2.27. The Labute approximate surface area is 101 Å². The summed E-state index contributed by atoms with van der Waals surface area (Å²) < 4.78 is 23.1. The number of rotatable bonds is 9. The first kappa shape index (κ1) is 15.9. The van der Waals surface area contributed by atoms with Crippen LogP contribution in [-0.4, -0.2) is 33.0 Å². The monoisotopic (exact) mass is 249 g/mol. The Morgan fingerprint density at radius 3 is 2.00 bits per heavy atom. The summed E-state index contributed by atoms with van der Waals surface area (Å²) in [5.74, 6) is 0.592. The van der Waals surface area contributed by atoms with E-state index in [4.69, 9.17) is 0 Å². The lowest BCUT2D eigenvalue weighted by atomic mass is 9.80.